The Labute approximate surface area is 207 Å². The van der Waals surface area contributed by atoms with E-state index in [1.54, 1.807) is 22.9 Å². The van der Waals surface area contributed by atoms with Gasteiger partial charge in [0, 0.05) is 35.8 Å². The number of fused-ring (bicyclic) bond motifs is 1. The Kier molecular flexibility index (Phi) is 6.64. The molecule has 5 amide bonds. The second-order valence-electron chi connectivity index (χ2n) is 8.86. The number of urea groups is 1. The van der Waals surface area contributed by atoms with Crippen molar-refractivity contribution < 1.29 is 23.9 Å². The average Bonchev–Trinajstić information content (AvgIpc) is 3.52. The van der Waals surface area contributed by atoms with Crippen LogP contribution in [0.4, 0.5) is 4.79 Å². The minimum Gasteiger partial charge on any atom is -0.376 e. The van der Waals surface area contributed by atoms with Gasteiger partial charge in [-0.25, -0.2) is 4.79 Å². The molecule has 2 aliphatic rings. The minimum atomic E-state index is -0.753. The van der Waals surface area contributed by atoms with Gasteiger partial charge in [0.1, 0.15) is 12.1 Å². The van der Waals surface area contributed by atoms with Gasteiger partial charge in [-0.2, -0.15) is 0 Å². The second kappa shape index (κ2) is 10.2. The Morgan fingerprint density at radius 3 is 2.64 bits per heavy atom. The summed E-state index contributed by atoms with van der Waals surface area (Å²) in [5.41, 5.74) is 2.01. The van der Waals surface area contributed by atoms with Crippen LogP contribution >= 0.6 is 0 Å². The number of imide groups is 2. The van der Waals surface area contributed by atoms with E-state index in [2.05, 4.69) is 10.6 Å². The zero-order valence-electron chi connectivity index (χ0n) is 19.6. The highest BCUT2D eigenvalue weighted by molar-refractivity contribution is 6.31. The highest BCUT2D eigenvalue weighted by Gasteiger charge is 2.36. The lowest BCUT2D eigenvalue weighted by atomic mass is 10.1. The normalized spacial score (nSPS) is 19.2. The number of para-hydroxylation sites is 1. The molecule has 3 heterocycles. The Bertz CT molecular complexity index is 1360. The van der Waals surface area contributed by atoms with Crippen LogP contribution in [-0.2, 0) is 32.2 Å². The third kappa shape index (κ3) is 4.92. The van der Waals surface area contributed by atoms with Crippen molar-refractivity contribution in [3.05, 3.63) is 77.5 Å². The molecule has 0 unspecified atom stereocenters. The first-order valence-corrected chi connectivity index (χ1v) is 11.9. The molecule has 36 heavy (non-hydrogen) atoms. The summed E-state index contributed by atoms with van der Waals surface area (Å²) in [6.45, 7) is 1.31. The first-order valence-electron chi connectivity index (χ1n) is 11.9. The van der Waals surface area contributed by atoms with Crippen molar-refractivity contribution in [2.24, 2.45) is 0 Å². The number of rotatable bonds is 7. The fraction of sp³-hybridized carbons (Fsp3) is 0.259. The Morgan fingerprint density at radius 1 is 1.08 bits per heavy atom. The van der Waals surface area contributed by atoms with Crippen LogP contribution in [0.25, 0.3) is 17.0 Å². The second-order valence-corrected chi connectivity index (χ2v) is 8.86. The maximum atomic E-state index is 13.2. The molecule has 2 aromatic carbocycles. The first kappa shape index (κ1) is 23.5. The van der Waals surface area contributed by atoms with Crippen molar-refractivity contribution in [2.45, 2.75) is 32.0 Å². The molecule has 2 aliphatic heterocycles. The average molecular weight is 487 g/mol. The predicted octanol–water partition coefficient (Wildman–Crippen LogP) is 2.60. The SMILES string of the molecule is O=C(Cn1cc(/C=C2\C(=O)NC(=O)N(Cc3ccccc3)C2=O)c2ccccc21)NC[C@@H]1CCCO1. The van der Waals surface area contributed by atoms with Crippen molar-refractivity contribution in [1.29, 1.82) is 0 Å². The summed E-state index contributed by atoms with van der Waals surface area (Å²) in [5.74, 6) is -1.57. The molecule has 0 saturated carbocycles. The molecule has 3 aromatic rings. The Morgan fingerprint density at radius 2 is 1.86 bits per heavy atom. The number of carbonyl (C=O) groups is 4. The Balaban J connectivity index is 1.40. The molecule has 0 spiro atoms. The van der Waals surface area contributed by atoms with E-state index in [0.717, 1.165) is 40.8 Å². The van der Waals surface area contributed by atoms with Crippen molar-refractivity contribution in [1.82, 2.24) is 20.1 Å². The minimum absolute atomic E-state index is 0.0444. The van der Waals surface area contributed by atoms with Gasteiger partial charge in [0.25, 0.3) is 11.8 Å². The third-order valence-electron chi connectivity index (χ3n) is 6.35. The van der Waals surface area contributed by atoms with Crippen LogP contribution in [-0.4, -0.2) is 52.5 Å². The number of benzene rings is 2. The summed E-state index contributed by atoms with van der Waals surface area (Å²) >= 11 is 0. The quantitative estimate of drug-likeness (QED) is 0.394. The van der Waals surface area contributed by atoms with E-state index in [1.807, 2.05) is 42.5 Å². The topological polar surface area (TPSA) is 110 Å². The van der Waals surface area contributed by atoms with E-state index >= 15 is 0 Å². The number of aromatic nitrogens is 1. The van der Waals surface area contributed by atoms with E-state index in [4.69, 9.17) is 4.74 Å². The molecular weight excluding hydrogens is 460 g/mol. The first-order chi connectivity index (χ1) is 17.5. The van der Waals surface area contributed by atoms with Gasteiger partial charge in [0.05, 0.1) is 12.6 Å². The van der Waals surface area contributed by atoms with Gasteiger partial charge in [-0.1, -0.05) is 48.5 Å². The van der Waals surface area contributed by atoms with Crippen LogP contribution in [0.5, 0.6) is 0 Å². The molecule has 2 fully saturated rings. The highest BCUT2D eigenvalue weighted by atomic mass is 16.5. The van der Waals surface area contributed by atoms with Crippen molar-refractivity contribution in [3.63, 3.8) is 0 Å². The van der Waals surface area contributed by atoms with Gasteiger partial charge in [0.15, 0.2) is 0 Å². The molecule has 0 bridgehead atoms. The fourth-order valence-electron chi connectivity index (χ4n) is 4.52. The summed E-state index contributed by atoms with van der Waals surface area (Å²) in [6.07, 6.45) is 5.20. The van der Waals surface area contributed by atoms with Crippen molar-refractivity contribution in [3.8, 4) is 0 Å². The van der Waals surface area contributed by atoms with Crippen LogP contribution in [0.3, 0.4) is 0 Å². The number of nitrogens with zero attached hydrogens (tertiary/aromatic N) is 2. The third-order valence-corrected chi connectivity index (χ3v) is 6.35. The highest BCUT2D eigenvalue weighted by Crippen LogP contribution is 2.25. The van der Waals surface area contributed by atoms with E-state index < -0.39 is 17.8 Å². The molecule has 184 valence electrons. The maximum absolute atomic E-state index is 13.2. The molecule has 2 saturated heterocycles. The largest absolute Gasteiger partial charge is 0.376 e. The van der Waals surface area contributed by atoms with Gasteiger partial charge >= 0.3 is 6.03 Å². The maximum Gasteiger partial charge on any atom is 0.331 e. The van der Waals surface area contributed by atoms with Gasteiger partial charge in [-0.3, -0.25) is 24.6 Å². The van der Waals surface area contributed by atoms with Crippen LogP contribution in [0.15, 0.2) is 66.4 Å². The van der Waals surface area contributed by atoms with E-state index in [0.29, 0.717) is 12.1 Å². The van der Waals surface area contributed by atoms with Crippen LogP contribution in [0.1, 0.15) is 24.0 Å². The lowest BCUT2D eigenvalue weighted by molar-refractivity contribution is -0.130. The summed E-state index contributed by atoms with van der Waals surface area (Å²) in [7, 11) is 0. The summed E-state index contributed by atoms with van der Waals surface area (Å²) in [5, 5.41) is 5.95. The lowest BCUT2D eigenvalue weighted by Gasteiger charge is -2.26. The molecule has 0 radical (unpaired) electrons. The molecule has 9 heteroatoms. The van der Waals surface area contributed by atoms with E-state index in [-0.39, 0.29) is 30.7 Å². The number of nitrogens with one attached hydrogen (secondary N) is 2. The molecule has 5 rings (SSSR count). The number of hydrogen-bond acceptors (Lipinski definition) is 5. The van der Waals surface area contributed by atoms with Crippen LogP contribution in [0, 0.1) is 0 Å². The number of amides is 5. The summed E-state index contributed by atoms with van der Waals surface area (Å²) in [6, 6.07) is 15.8. The molecular formula is C27H26N4O5. The number of barbiturate groups is 1. The molecule has 2 N–H and O–H groups in total. The van der Waals surface area contributed by atoms with Crippen LogP contribution < -0.4 is 10.6 Å². The smallest absolute Gasteiger partial charge is 0.331 e. The zero-order chi connectivity index (χ0) is 25.1. The number of carbonyl (C=O) groups excluding carboxylic acids is 4. The molecule has 1 atom stereocenters. The summed E-state index contributed by atoms with van der Waals surface area (Å²) in [4.78, 5) is 51.8. The molecule has 0 aliphatic carbocycles. The van der Waals surface area contributed by atoms with Crippen molar-refractivity contribution >= 4 is 40.7 Å². The van der Waals surface area contributed by atoms with Gasteiger partial charge in [0.2, 0.25) is 5.91 Å². The summed E-state index contributed by atoms with van der Waals surface area (Å²) < 4.78 is 7.34. The zero-order valence-corrected chi connectivity index (χ0v) is 19.6. The van der Waals surface area contributed by atoms with E-state index in [1.165, 1.54) is 6.08 Å². The predicted molar refractivity (Wildman–Crippen MR) is 132 cm³/mol. The fourth-order valence-corrected chi connectivity index (χ4v) is 4.52. The monoisotopic (exact) mass is 486 g/mol. The molecule has 9 nitrogen and oxygen atoms in total. The lowest BCUT2D eigenvalue weighted by Crippen LogP contribution is -2.53. The van der Waals surface area contributed by atoms with Crippen LogP contribution in [0.2, 0.25) is 0 Å². The molecule has 1 aromatic heterocycles. The van der Waals surface area contributed by atoms with Gasteiger partial charge in [-0.15, -0.1) is 0 Å². The van der Waals surface area contributed by atoms with Gasteiger partial charge in [-0.05, 0) is 30.5 Å². The standard InChI is InChI=1S/C27H26N4O5/c32-24(28-14-20-9-6-12-36-20)17-30-16-19(21-10-4-5-11-23(21)30)13-22-25(33)29-27(35)31(26(22)34)15-18-7-2-1-3-8-18/h1-5,7-8,10-11,13,16,20H,6,9,12,14-15,17H2,(H,28,32)(H,29,33,35)/b22-13+/t20-/m0/s1. The number of hydrogen-bond donors (Lipinski definition) is 2. The Hall–Kier alpha value is -4.24. The van der Waals surface area contributed by atoms with Gasteiger partial charge < -0.3 is 14.6 Å². The van der Waals surface area contributed by atoms with E-state index in [9.17, 15) is 19.2 Å². The number of ether oxygens (including phenoxy) is 1. The van der Waals surface area contributed by atoms with Crippen molar-refractivity contribution in [2.75, 3.05) is 13.2 Å².